The summed E-state index contributed by atoms with van der Waals surface area (Å²) in [4.78, 5) is 0.271. The maximum absolute atomic E-state index is 12.6. The molecule has 128 valence electrons. The highest BCUT2D eigenvalue weighted by Gasteiger charge is 2.33. The van der Waals surface area contributed by atoms with Gasteiger partial charge in [0, 0.05) is 13.0 Å². The third-order valence-electron chi connectivity index (χ3n) is 4.71. The molecule has 0 aromatic heterocycles. The summed E-state index contributed by atoms with van der Waals surface area (Å²) in [7, 11) is -3.63. The molecule has 0 aliphatic heterocycles. The number of aliphatic hydroxyl groups is 1. The molecular formula is C19H23NO3S. The standard InChI is InChI=1S/C19H23NO3S/c1-14-7-8-18(15(2)11-14)24(22,23)20-13-19(21)10-9-16-5-3-4-6-17(16)12-19/h3-8,11,20-21H,9-10,12-13H2,1-2H3. The molecule has 0 heterocycles. The van der Waals surface area contributed by atoms with Gasteiger partial charge in [-0.15, -0.1) is 0 Å². The molecule has 0 spiro atoms. The van der Waals surface area contributed by atoms with Crippen molar-refractivity contribution in [2.45, 2.75) is 43.6 Å². The normalized spacial score (nSPS) is 20.6. The third kappa shape index (κ3) is 3.53. The minimum absolute atomic E-state index is 0.0248. The van der Waals surface area contributed by atoms with Gasteiger partial charge in [-0.3, -0.25) is 0 Å². The van der Waals surface area contributed by atoms with Crippen molar-refractivity contribution in [3.63, 3.8) is 0 Å². The zero-order chi connectivity index (χ0) is 17.4. The molecule has 1 aliphatic carbocycles. The smallest absolute Gasteiger partial charge is 0.240 e. The maximum atomic E-state index is 12.6. The van der Waals surface area contributed by atoms with Crippen molar-refractivity contribution in [2.24, 2.45) is 0 Å². The van der Waals surface area contributed by atoms with Gasteiger partial charge in [0.25, 0.3) is 0 Å². The van der Waals surface area contributed by atoms with Crippen LogP contribution in [0.4, 0.5) is 0 Å². The highest BCUT2D eigenvalue weighted by Crippen LogP contribution is 2.28. The average molecular weight is 345 g/mol. The third-order valence-corrected chi connectivity index (χ3v) is 6.27. The molecule has 2 aromatic carbocycles. The van der Waals surface area contributed by atoms with Crippen molar-refractivity contribution < 1.29 is 13.5 Å². The molecule has 3 rings (SSSR count). The van der Waals surface area contributed by atoms with E-state index < -0.39 is 15.6 Å². The number of hydrogen-bond acceptors (Lipinski definition) is 3. The molecule has 0 bridgehead atoms. The first-order chi connectivity index (χ1) is 11.3. The van der Waals surface area contributed by atoms with Gasteiger partial charge in [0.2, 0.25) is 10.0 Å². The van der Waals surface area contributed by atoms with Crippen LogP contribution in [0.25, 0.3) is 0 Å². The largest absolute Gasteiger partial charge is 0.388 e. The molecule has 1 atom stereocenters. The summed E-state index contributed by atoms with van der Waals surface area (Å²) in [5.41, 5.74) is 3.02. The van der Waals surface area contributed by atoms with E-state index >= 15 is 0 Å². The summed E-state index contributed by atoms with van der Waals surface area (Å²) in [6, 6.07) is 13.3. The molecule has 2 N–H and O–H groups in total. The van der Waals surface area contributed by atoms with Gasteiger partial charge in [-0.25, -0.2) is 13.1 Å². The Bertz CT molecular complexity index is 861. The summed E-state index contributed by atoms with van der Waals surface area (Å²) in [5.74, 6) is 0. The van der Waals surface area contributed by atoms with Gasteiger partial charge in [0.1, 0.15) is 0 Å². The zero-order valence-electron chi connectivity index (χ0n) is 14.0. The van der Waals surface area contributed by atoms with Crippen LogP contribution in [-0.2, 0) is 22.9 Å². The molecular weight excluding hydrogens is 322 g/mol. The van der Waals surface area contributed by atoms with E-state index in [0.29, 0.717) is 18.4 Å². The first-order valence-electron chi connectivity index (χ1n) is 8.15. The number of hydrogen-bond donors (Lipinski definition) is 2. The lowest BCUT2D eigenvalue weighted by molar-refractivity contribution is 0.0317. The first-order valence-corrected chi connectivity index (χ1v) is 9.64. The molecule has 0 saturated carbocycles. The predicted molar refractivity (Wildman–Crippen MR) is 94.5 cm³/mol. The van der Waals surface area contributed by atoms with E-state index in [2.05, 4.69) is 10.8 Å². The summed E-state index contributed by atoms with van der Waals surface area (Å²) < 4.78 is 27.7. The quantitative estimate of drug-likeness (QED) is 0.895. The Kier molecular flexibility index (Phi) is 4.51. The summed E-state index contributed by atoms with van der Waals surface area (Å²) in [6.07, 6.45) is 1.79. The SMILES string of the molecule is Cc1ccc(S(=O)(=O)NCC2(O)CCc3ccccc3C2)c(C)c1. The second-order valence-electron chi connectivity index (χ2n) is 6.76. The molecule has 0 fully saturated rings. The lowest BCUT2D eigenvalue weighted by atomic mass is 9.80. The zero-order valence-corrected chi connectivity index (χ0v) is 14.9. The molecule has 2 aromatic rings. The van der Waals surface area contributed by atoms with E-state index in [1.54, 1.807) is 19.1 Å². The number of nitrogens with one attached hydrogen (secondary N) is 1. The van der Waals surface area contributed by atoms with E-state index in [1.807, 2.05) is 31.2 Å². The van der Waals surface area contributed by atoms with Crippen LogP contribution in [0, 0.1) is 13.8 Å². The van der Waals surface area contributed by atoms with Gasteiger partial charge >= 0.3 is 0 Å². The molecule has 0 saturated heterocycles. The minimum Gasteiger partial charge on any atom is -0.388 e. The van der Waals surface area contributed by atoms with Crippen molar-refractivity contribution >= 4 is 10.0 Å². The summed E-state index contributed by atoms with van der Waals surface area (Å²) in [6.45, 7) is 3.74. The van der Waals surface area contributed by atoms with Gasteiger partial charge < -0.3 is 5.11 Å². The lowest BCUT2D eigenvalue weighted by Gasteiger charge is -2.33. The van der Waals surface area contributed by atoms with Crippen molar-refractivity contribution in [3.05, 3.63) is 64.7 Å². The monoisotopic (exact) mass is 345 g/mol. The van der Waals surface area contributed by atoms with E-state index in [9.17, 15) is 13.5 Å². The van der Waals surface area contributed by atoms with Crippen LogP contribution in [0.3, 0.4) is 0 Å². The number of rotatable bonds is 4. The Labute approximate surface area is 143 Å². The van der Waals surface area contributed by atoms with Crippen LogP contribution < -0.4 is 4.72 Å². The number of aryl methyl sites for hydroxylation is 3. The molecule has 5 heteroatoms. The molecule has 24 heavy (non-hydrogen) atoms. The Morgan fingerprint density at radius 2 is 1.83 bits per heavy atom. The van der Waals surface area contributed by atoms with Crippen LogP contribution >= 0.6 is 0 Å². The van der Waals surface area contributed by atoms with Crippen molar-refractivity contribution in [1.82, 2.24) is 4.72 Å². The van der Waals surface area contributed by atoms with Crippen molar-refractivity contribution in [3.8, 4) is 0 Å². The van der Waals surface area contributed by atoms with E-state index in [0.717, 1.165) is 17.5 Å². The Hall–Kier alpha value is -1.69. The number of benzene rings is 2. The topological polar surface area (TPSA) is 66.4 Å². The maximum Gasteiger partial charge on any atom is 0.240 e. The molecule has 1 unspecified atom stereocenters. The number of fused-ring (bicyclic) bond motifs is 1. The fourth-order valence-electron chi connectivity index (χ4n) is 3.34. The summed E-state index contributed by atoms with van der Waals surface area (Å²) >= 11 is 0. The van der Waals surface area contributed by atoms with Gasteiger partial charge in [0.15, 0.2) is 0 Å². The van der Waals surface area contributed by atoms with Crippen LogP contribution in [0.15, 0.2) is 47.4 Å². The summed E-state index contributed by atoms with van der Waals surface area (Å²) in [5, 5.41) is 10.8. The van der Waals surface area contributed by atoms with E-state index in [-0.39, 0.29) is 11.4 Å². The van der Waals surface area contributed by atoms with Gasteiger partial charge in [-0.05, 0) is 49.4 Å². The highest BCUT2D eigenvalue weighted by atomic mass is 32.2. The second kappa shape index (κ2) is 6.31. The van der Waals surface area contributed by atoms with E-state index in [4.69, 9.17) is 0 Å². The molecule has 0 radical (unpaired) electrons. The Balaban J connectivity index is 1.75. The average Bonchev–Trinajstić information content (AvgIpc) is 2.53. The van der Waals surface area contributed by atoms with Crippen molar-refractivity contribution in [1.29, 1.82) is 0 Å². The van der Waals surface area contributed by atoms with E-state index in [1.165, 1.54) is 5.56 Å². The van der Waals surface area contributed by atoms with Gasteiger partial charge in [-0.1, -0.05) is 42.0 Å². The first kappa shape index (κ1) is 17.1. The molecule has 4 nitrogen and oxygen atoms in total. The van der Waals surface area contributed by atoms with Gasteiger partial charge in [-0.2, -0.15) is 0 Å². The number of sulfonamides is 1. The second-order valence-corrected chi connectivity index (χ2v) is 8.50. The highest BCUT2D eigenvalue weighted by molar-refractivity contribution is 7.89. The fourth-order valence-corrected chi connectivity index (χ4v) is 4.69. The van der Waals surface area contributed by atoms with Crippen LogP contribution in [0.5, 0.6) is 0 Å². The van der Waals surface area contributed by atoms with Crippen molar-refractivity contribution in [2.75, 3.05) is 6.54 Å². The Morgan fingerprint density at radius 1 is 1.12 bits per heavy atom. The molecule has 0 amide bonds. The predicted octanol–water partition coefficient (Wildman–Crippen LogP) is 2.50. The lowest BCUT2D eigenvalue weighted by Crippen LogP contribution is -2.46. The van der Waals surface area contributed by atoms with Crippen LogP contribution in [-0.4, -0.2) is 25.7 Å². The minimum atomic E-state index is -3.63. The van der Waals surface area contributed by atoms with Crippen LogP contribution in [0.2, 0.25) is 0 Å². The fraction of sp³-hybridized carbons (Fsp3) is 0.368. The Morgan fingerprint density at radius 3 is 2.54 bits per heavy atom. The van der Waals surface area contributed by atoms with Gasteiger partial charge in [0.05, 0.1) is 10.5 Å². The van der Waals surface area contributed by atoms with Crippen LogP contribution in [0.1, 0.15) is 28.7 Å². The molecule has 1 aliphatic rings.